The van der Waals surface area contributed by atoms with Crippen molar-refractivity contribution >= 4 is 50.7 Å². The van der Waals surface area contributed by atoms with Crippen LogP contribution in [0.4, 0.5) is 5.69 Å². The number of halogens is 2. The van der Waals surface area contributed by atoms with Crippen molar-refractivity contribution in [2.24, 2.45) is 0 Å². The lowest BCUT2D eigenvalue weighted by atomic mass is 10.1. The molecule has 0 saturated heterocycles. The number of hydrogen-bond donors (Lipinski definition) is 1. The first kappa shape index (κ1) is 31.3. The Balaban J connectivity index is 2.06. The molecule has 0 aliphatic heterocycles. The van der Waals surface area contributed by atoms with Crippen LogP contribution >= 0.6 is 23.2 Å². The molecule has 214 valence electrons. The Morgan fingerprint density at radius 3 is 2.27 bits per heavy atom. The topological polar surface area (TPSA) is 96.0 Å². The SMILES string of the molecule is CCCNC(=O)[C@@H](CC)N(Cc1cccc(OC)c1)C(=O)CN(c1cccc(Cl)c1)S(=O)(=O)c1ccc(Cl)cc1. The van der Waals surface area contributed by atoms with Gasteiger partial charge in [0.2, 0.25) is 11.8 Å². The van der Waals surface area contributed by atoms with Gasteiger partial charge < -0.3 is 15.0 Å². The second kappa shape index (κ2) is 14.4. The first-order valence-corrected chi connectivity index (χ1v) is 15.0. The Kier molecular flexibility index (Phi) is 11.2. The quantitative estimate of drug-likeness (QED) is 0.276. The highest BCUT2D eigenvalue weighted by atomic mass is 35.5. The summed E-state index contributed by atoms with van der Waals surface area (Å²) >= 11 is 12.2. The van der Waals surface area contributed by atoms with Crippen LogP contribution < -0.4 is 14.4 Å². The summed E-state index contributed by atoms with van der Waals surface area (Å²) < 4.78 is 34.0. The Bertz CT molecular complexity index is 1420. The number of anilines is 1. The zero-order valence-electron chi connectivity index (χ0n) is 22.6. The van der Waals surface area contributed by atoms with E-state index >= 15 is 0 Å². The molecule has 0 aromatic heterocycles. The molecule has 3 aromatic carbocycles. The molecule has 0 aliphatic rings. The number of carbonyl (C=O) groups excluding carboxylic acids is 2. The van der Waals surface area contributed by atoms with Crippen LogP contribution in [0.15, 0.2) is 77.7 Å². The lowest BCUT2D eigenvalue weighted by molar-refractivity contribution is -0.140. The van der Waals surface area contributed by atoms with E-state index in [0.29, 0.717) is 28.8 Å². The number of nitrogens with one attached hydrogen (secondary N) is 1. The van der Waals surface area contributed by atoms with Crippen molar-refractivity contribution in [3.05, 3.63) is 88.4 Å². The standard InChI is InChI=1S/C29H33Cl2N3O5S/c1-4-16-32-29(36)27(5-2)33(19-21-8-6-11-25(17-21)39-3)28(35)20-34(24-10-7-9-23(31)18-24)40(37,38)26-14-12-22(30)13-15-26/h6-15,17-18,27H,4-5,16,19-20H2,1-3H3,(H,32,36)/t27-/m1/s1. The summed E-state index contributed by atoms with van der Waals surface area (Å²) in [5, 5.41) is 3.54. The van der Waals surface area contributed by atoms with Crippen molar-refractivity contribution < 1.29 is 22.7 Å². The largest absolute Gasteiger partial charge is 0.497 e. The number of amides is 2. The number of rotatable bonds is 13. The van der Waals surface area contributed by atoms with E-state index in [9.17, 15) is 18.0 Å². The third kappa shape index (κ3) is 7.90. The minimum Gasteiger partial charge on any atom is -0.497 e. The van der Waals surface area contributed by atoms with Gasteiger partial charge in [-0.05, 0) is 73.0 Å². The zero-order valence-corrected chi connectivity index (χ0v) is 25.0. The highest BCUT2D eigenvalue weighted by molar-refractivity contribution is 7.92. The molecule has 0 radical (unpaired) electrons. The molecule has 0 aliphatic carbocycles. The molecule has 0 bridgehead atoms. The molecular formula is C29H33Cl2N3O5S. The van der Waals surface area contributed by atoms with Crippen LogP contribution in [0.1, 0.15) is 32.3 Å². The van der Waals surface area contributed by atoms with Crippen LogP contribution in [-0.2, 0) is 26.2 Å². The molecule has 1 atom stereocenters. The molecule has 0 unspecified atom stereocenters. The number of hydrogen-bond acceptors (Lipinski definition) is 5. The summed E-state index contributed by atoms with van der Waals surface area (Å²) in [6.07, 6.45) is 1.06. The van der Waals surface area contributed by atoms with Gasteiger partial charge >= 0.3 is 0 Å². The average Bonchev–Trinajstić information content (AvgIpc) is 2.94. The maximum absolute atomic E-state index is 14.0. The van der Waals surface area contributed by atoms with Crippen LogP contribution in [0.5, 0.6) is 5.75 Å². The van der Waals surface area contributed by atoms with Crippen molar-refractivity contribution in [2.45, 2.75) is 44.2 Å². The number of sulfonamides is 1. The van der Waals surface area contributed by atoms with E-state index < -0.39 is 28.5 Å². The van der Waals surface area contributed by atoms with E-state index in [4.69, 9.17) is 27.9 Å². The lowest BCUT2D eigenvalue weighted by Crippen LogP contribution is -2.52. The summed E-state index contributed by atoms with van der Waals surface area (Å²) in [7, 11) is -2.68. The van der Waals surface area contributed by atoms with Gasteiger partial charge in [0.25, 0.3) is 10.0 Å². The molecule has 0 spiro atoms. The molecule has 0 heterocycles. The third-order valence-electron chi connectivity index (χ3n) is 6.20. The zero-order chi connectivity index (χ0) is 29.3. The summed E-state index contributed by atoms with van der Waals surface area (Å²) in [5.41, 5.74) is 0.935. The summed E-state index contributed by atoms with van der Waals surface area (Å²) in [6.45, 7) is 3.70. The number of ether oxygens (including phenoxy) is 1. The number of methoxy groups -OCH3 is 1. The van der Waals surface area contributed by atoms with E-state index in [-0.39, 0.29) is 23.0 Å². The van der Waals surface area contributed by atoms with Gasteiger partial charge in [-0.3, -0.25) is 13.9 Å². The van der Waals surface area contributed by atoms with Gasteiger partial charge in [-0.25, -0.2) is 8.42 Å². The molecule has 11 heteroatoms. The van der Waals surface area contributed by atoms with Crippen LogP contribution in [0, 0.1) is 0 Å². The van der Waals surface area contributed by atoms with E-state index in [0.717, 1.165) is 16.3 Å². The van der Waals surface area contributed by atoms with E-state index in [1.165, 1.54) is 35.2 Å². The molecule has 8 nitrogen and oxygen atoms in total. The molecular weight excluding hydrogens is 573 g/mol. The van der Waals surface area contributed by atoms with Gasteiger partial charge in [-0.15, -0.1) is 0 Å². The van der Waals surface area contributed by atoms with Gasteiger partial charge in [0.15, 0.2) is 0 Å². The molecule has 0 saturated carbocycles. The first-order valence-electron chi connectivity index (χ1n) is 12.8. The third-order valence-corrected chi connectivity index (χ3v) is 8.47. The van der Waals surface area contributed by atoms with Gasteiger partial charge in [-0.1, -0.05) is 55.2 Å². The van der Waals surface area contributed by atoms with Crippen molar-refractivity contribution in [3.8, 4) is 5.75 Å². The number of nitrogens with zero attached hydrogens (tertiary/aromatic N) is 2. The van der Waals surface area contributed by atoms with Crippen LogP contribution in [0.2, 0.25) is 10.0 Å². The second-order valence-corrected chi connectivity index (χ2v) is 11.8. The highest BCUT2D eigenvalue weighted by Gasteiger charge is 2.33. The molecule has 1 N–H and O–H groups in total. The minimum atomic E-state index is -4.22. The summed E-state index contributed by atoms with van der Waals surface area (Å²) in [6, 6.07) is 18.3. The summed E-state index contributed by atoms with van der Waals surface area (Å²) in [4.78, 5) is 28.6. The Hall–Kier alpha value is -3.27. The van der Waals surface area contributed by atoms with Crippen molar-refractivity contribution in [1.82, 2.24) is 10.2 Å². The van der Waals surface area contributed by atoms with Gasteiger partial charge in [0, 0.05) is 23.1 Å². The number of carbonyl (C=O) groups is 2. The molecule has 0 fully saturated rings. The second-order valence-electron chi connectivity index (χ2n) is 9.03. The van der Waals surface area contributed by atoms with E-state index in [1.54, 1.807) is 50.4 Å². The van der Waals surface area contributed by atoms with Gasteiger partial charge in [-0.2, -0.15) is 0 Å². The highest BCUT2D eigenvalue weighted by Crippen LogP contribution is 2.28. The average molecular weight is 607 g/mol. The van der Waals surface area contributed by atoms with Crippen molar-refractivity contribution in [1.29, 1.82) is 0 Å². The maximum Gasteiger partial charge on any atom is 0.264 e. The number of benzene rings is 3. The fourth-order valence-corrected chi connectivity index (χ4v) is 5.86. The fraction of sp³-hybridized carbons (Fsp3) is 0.310. The summed E-state index contributed by atoms with van der Waals surface area (Å²) in [5.74, 6) is -0.270. The monoisotopic (exact) mass is 605 g/mol. The first-order chi connectivity index (χ1) is 19.1. The minimum absolute atomic E-state index is 0.0447. The van der Waals surface area contributed by atoms with E-state index in [2.05, 4.69) is 5.32 Å². The van der Waals surface area contributed by atoms with E-state index in [1.807, 2.05) is 13.0 Å². The molecule has 3 rings (SSSR count). The normalized spacial score (nSPS) is 11.9. The smallest absolute Gasteiger partial charge is 0.264 e. The van der Waals surface area contributed by atoms with Gasteiger partial charge in [0.05, 0.1) is 17.7 Å². The van der Waals surface area contributed by atoms with Crippen LogP contribution in [0.25, 0.3) is 0 Å². The predicted octanol–water partition coefficient (Wildman–Crippen LogP) is 5.53. The van der Waals surface area contributed by atoms with Crippen LogP contribution in [0.3, 0.4) is 0 Å². The Labute approximate surface area is 245 Å². The van der Waals surface area contributed by atoms with Gasteiger partial charge in [0.1, 0.15) is 18.3 Å². The fourth-order valence-electron chi connectivity index (χ4n) is 4.15. The van der Waals surface area contributed by atoms with Crippen LogP contribution in [-0.4, -0.2) is 51.4 Å². The molecule has 3 aromatic rings. The molecule has 2 amide bonds. The predicted molar refractivity (Wildman–Crippen MR) is 158 cm³/mol. The Morgan fingerprint density at radius 1 is 0.950 bits per heavy atom. The molecule has 40 heavy (non-hydrogen) atoms. The van der Waals surface area contributed by atoms with Crippen molar-refractivity contribution in [3.63, 3.8) is 0 Å². The van der Waals surface area contributed by atoms with Crippen molar-refractivity contribution in [2.75, 3.05) is 24.5 Å². The maximum atomic E-state index is 14.0. The Morgan fingerprint density at radius 2 is 1.65 bits per heavy atom. The lowest BCUT2D eigenvalue weighted by Gasteiger charge is -2.33.